The molecule has 7 heteroatoms. The van der Waals surface area contributed by atoms with Gasteiger partial charge in [-0.15, -0.1) is 11.3 Å². The Balaban J connectivity index is 1.78. The van der Waals surface area contributed by atoms with Crippen LogP contribution in [0.5, 0.6) is 0 Å². The normalized spacial score (nSPS) is 11.4. The molecule has 0 bridgehead atoms. The quantitative estimate of drug-likeness (QED) is 0.538. The van der Waals surface area contributed by atoms with E-state index in [0.29, 0.717) is 28.3 Å². The minimum Gasteiger partial charge on any atom is -0.380 e. The summed E-state index contributed by atoms with van der Waals surface area (Å²) in [6.45, 7) is 2.82. The Kier molecular flexibility index (Phi) is 4.63. The van der Waals surface area contributed by atoms with Gasteiger partial charge in [0.15, 0.2) is 0 Å². The van der Waals surface area contributed by atoms with Crippen LogP contribution in [0.15, 0.2) is 42.5 Å². The highest BCUT2D eigenvalue weighted by Gasteiger charge is 2.22. The monoisotopic (exact) mass is 383 g/mol. The van der Waals surface area contributed by atoms with Crippen LogP contribution in [-0.4, -0.2) is 22.6 Å². The molecule has 0 spiro atoms. The number of hydrogen-bond donors (Lipinski definition) is 1. The summed E-state index contributed by atoms with van der Waals surface area (Å²) in [5, 5.41) is 3.33. The van der Waals surface area contributed by atoms with Gasteiger partial charge in [-0.1, -0.05) is 18.2 Å². The van der Waals surface area contributed by atoms with Gasteiger partial charge in [-0.05, 0) is 31.2 Å². The Morgan fingerprint density at radius 3 is 2.85 bits per heavy atom. The van der Waals surface area contributed by atoms with Gasteiger partial charge in [-0.2, -0.15) is 0 Å². The molecular weight excluding hydrogens is 365 g/mol. The van der Waals surface area contributed by atoms with Crippen molar-refractivity contribution in [1.29, 1.82) is 0 Å². The highest BCUT2D eigenvalue weighted by Crippen LogP contribution is 2.34. The van der Waals surface area contributed by atoms with Crippen LogP contribution < -0.4 is 5.32 Å². The average Bonchev–Trinajstić information content (AvgIpc) is 3.20. The summed E-state index contributed by atoms with van der Waals surface area (Å²) < 4.78 is 22.2. The van der Waals surface area contributed by atoms with E-state index in [-0.39, 0.29) is 18.3 Å². The van der Waals surface area contributed by atoms with Crippen molar-refractivity contribution in [1.82, 2.24) is 9.55 Å². The van der Waals surface area contributed by atoms with Gasteiger partial charge in [0.05, 0.1) is 22.5 Å². The molecule has 4 rings (SSSR count). The van der Waals surface area contributed by atoms with Crippen molar-refractivity contribution in [3.05, 3.63) is 58.7 Å². The van der Waals surface area contributed by atoms with Crippen molar-refractivity contribution < 1.29 is 13.9 Å². The van der Waals surface area contributed by atoms with Crippen LogP contribution in [0.4, 0.5) is 10.3 Å². The van der Waals surface area contributed by atoms with Gasteiger partial charge in [-0.3, -0.25) is 10.1 Å². The van der Waals surface area contributed by atoms with Gasteiger partial charge < -0.3 is 9.30 Å². The SMILES string of the molecule is CCn1c(NC(=O)c2sc3cccc(F)c3c2COC)nc2ccccc21. The van der Waals surface area contributed by atoms with E-state index in [4.69, 9.17) is 4.74 Å². The van der Waals surface area contributed by atoms with Gasteiger partial charge in [0, 0.05) is 29.3 Å². The number of rotatable bonds is 5. The molecule has 0 unspecified atom stereocenters. The van der Waals surface area contributed by atoms with E-state index in [1.54, 1.807) is 12.1 Å². The second kappa shape index (κ2) is 7.09. The fourth-order valence-electron chi connectivity index (χ4n) is 3.28. The van der Waals surface area contributed by atoms with E-state index in [2.05, 4.69) is 10.3 Å². The number of halogens is 1. The Labute approximate surface area is 159 Å². The molecule has 0 saturated carbocycles. The van der Waals surface area contributed by atoms with Crippen LogP contribution in [0.25, 0.3) is 21.1 Å². The molecule has 0 aliphatic heterocycles. The number of ether oxygens (including phenoxy) is 1. The van der Waals surface area contributed by atoms with Crippen LogP contribution in [0, 0.1) is 5.82 Å². The number of carbonyl (C=O) groups excluding carboxylic acids is 1. The highest BCUT2D eigenvalue weighted by atomic mass is 32.1. The van der Waals surface area contributed by atoms with Crippen molar-refractivity contribution in [2.45, 2.75) is 20.1 Å². The standard InChI is InChI=1S/C20H18FN3O2S/c1-3-24-15-9-5-4-8-14(15)22-20(24)23-19(25)18-12(11-26-2)17-13(21)7-6-10-16(17)27-18/h4-10H,3,11H2,1-2H3,(H,22,23,25). The van der Waals surface area contributed by atoms with Crippen LogP contribution >= 0.6 is 11.3 Å². The van der Waals surface area contributed by atoms with Crippen LogP contribution in [0.1, 0.15) is 22.2 Å². The zero-order valence-electron chi connectivity index (χ0n) is 15.0. The zero-order valence-corrected chi connectivity index (χ0v) is 15.8. The second-order valence-electron chi connectivity index (χ2n) is 6.08. The second-order valence-corrected chi connectivity index (χ2v) is 7.13. The predicted octanol–water partition coefficient (Wildman–Crippen LogP) is 4.81. The fourth-order valence-corrected chi connectivity index (χ4v) is 4.40. The third kappa shape index (κ3) is 2.98. The number of benzene rings is 2. The first-order valence-electron chi connectivity index (χ1n) is 8.59. The van der Waals surface area contributed by atoms with Crippen molar-refractivity contribution in [2.75, 3.05) is 12.4 Å². The molecule has 4 aromatic rings. The summed E-state index contributed by atoms with van der Waals surface area (Å²) >= 11 is 1.26. The summed E-state index contributed by atoms with van der Waals surface area (Å²) in [5.74, 6) is -0.187. The van der Waals surface area contributed by atoms with Crippen molar-refractivity contribution in [3.8, 4) is 0 Å². The Morgan fingerprint density at radius 1 is 1.26 bits per heavy atom. The van der Waals surface area contributed by atoms with Gasteiger partial charge in [0.1, 0.15) is 5.82 Å². The van der Waals surface area contributed by atoms with Gasteiger partial charge in [-0.25, -0.2) is 9.37 Å². The largest absolute Gasteiger partial charge is 0.380 e. The number of nitrogens with one attached hydrogen (secondary N) is 1. The summed E-state index contributed by atoms with van der Waals surface area (Å²) in [4.78, 5) is 18.0. The molecule has 0 aliphatic rings. The lowest BCUT2D eigenvalue weighted by molar-refractivity contribution is 0.102. The molecule has 0 radical (unpaired) electrons. The molecule has 0 atom stereocenters. The molecule has 27 heavy (non-hydrogen) atoms. The first-order chi connectivity index (χ1) is 13.1. The summed E-state index contributed by atoms with van der Waals surface area (Å²) in [6.07, 6.45) is 0. The minimum atomic E-state index is -0.351. The summed E-state index contributed by atoms with van der Waals surface area (Å²) in [7, 11) is 1.53. The third-order valence-electron chi connectivity index (χ3n) is 4.45. The topological polar surface area (TPSA) is 56.2 Å². The van der Waals surface area contributed by atoms with E-state index in [1.165, 1.54) is 24.5 Å². The van der Waals surface area contributed by atoms with E-state index >= 15 is 0 Å². The molecule has 138 valence electrons. The van der Waals surface area contributed by atoms with Crippen molar-refractivity contribution >= 4 is 44.3 Å². The number of anilines is 1. The lowest BCUT2D eigenvalue weighted by Gasteiger charge is -2.08. The number of fused-ring (bicyclic) bond motifs is 2. The maximum atomic E-state index is 14.3. The molecule has 2 heterocycles. The number of aromatic nitrogens is 2. The molecule has 1 N–H and O–H groups in total. The van der Waals surface area contributed by atoms with Crippen LogP contribution in [0.3, 0.4) is 0 Å². The Hall–Kier alpha value is -2.77. The van der Waals surface area contributed by atoms with Gasteiger partial charge >= 0.3 is 0 Å². The summed E-state index contributed by atoms with van der Waals surface area (Å²) in [6, 6.07) is 12.6. The van der Waals surface area contributed by atoms with E-state index in [9.17, 15) is 9.18 Å². The molecule has 0 fully saturated rings. The average molecular weight is 383 g/mol. The Morgan fingerprint density at radius 2 is 2.07 bits per heavy atom. The summed E-state index contributed by atoms with van der Waals surface area (Å²) in [5.41, 5.74) is 2.33. The molecule has 5 nitrogen and oxygen atoms in total. The number of carbonyl (C=O) groups is 1. The lowest BCUT2D eigenvalue weighted by Crippen LogP contribution is -2.16. The first-order valence-corrected chi connectivity index (χ1v) is 9.41. The first kappa shape index (κ1) is 17.6. The number of methoxy groups -OCH3 is 1. The van der Waals surface area contributed by atoms with Gasteiger partial charge in [0.2, 0.25) is 5.95 Å². The highest BCUT2D eigenvalue weighted by molar-refractivity contribution is 7.21. The molecule has 2 aromatic carbocycles. The van der Waals surface area contributed by atoms with Crippen molar-refractivity contribution in [3.63, 3.8) is 0 Å². The number of amides is 1. The number of thiophene rings is 1. The minimum absolute atomic E-state index is 0.161. The van der Waals surface area contributed by atoms with E-state index in [0.717, 1.165) is 15.7 Å². The molecule has 0 aliphatic carbocycles. The number of aryl methyl sites for hydroxylation is 1. The lowest BCUT2D eigenvalue weighted by atomic mass is 10.1. The molecule has 2 aromatic heterocycles. The maximum Gasteiger partial charge on any atom is 0.268 e. The number of hydrogen-bond acceptors (Lipinski definition) is 4. The van der Waals surface area contributed by atoms with Gasteiger partial charge in [0.25, 0.3) is 5.91 Å². The third-order valence-corrected chi connectivity index (χ3v) is 5.65. The molecule has 1 amide bonds. The van der Waals surface area contributed by atoms with E-state index in [1.807, 2.05) is 35.8 Å². The Bertz CT molecular complexity index is 1150. The van der Waals surface area contributed by atoms with Crippen molar-refractivity contribution in [2.24, 2.45) is 0 Å². The van der Waals surface area contributed by atoms with E-state index < -0.39 is 0 Å². The number of imidazole rings is 1. The predicted molar refractivity (Wildman–Crippen MR) is 106 cm³/mol. The fraction of sp³-hybridized carbons (Fsp3) is 0.200. The van der Waals surface area contributed by atoms with Crippen LogP contribution in [-0.2, 0) is 17.9 Å². The van der Waals surface area contributed by atoms with Crippen LogP contribution in [0.2, 0.25) is 0 Å². The number of para-hydroxylation sites is 2. The smallest absolute Gasteiger partial charge is 0.268 e. The maximum absolute atomic E-state index is 14.3. The zero-order chi connectivity index (χ0) is 19.0. The number of nitrogens with zero attached hydrogens (tertiary/aromatic N) is 2. The molecular formula is C20H18FN3O2S. The molecule has 0 saturated heterocycles.